The maximum atomic E-state index is 12.8. The SMILES string of the molecule is CC(C)CCOc1ccc(Br)cc1C(=O)NNC(=O)c1ccccc1OCc1ccccc1. The van der Waals surface area contributed by atoms with E-state index in [1.807, 2.05) is 30.3 Å². The molecule has 0 aliphatic rings. The lowest BCUT2D eigenvalue weighted by Gasteiger charge is -2.15. The van der Waals surface area contributed by atoms with Crippen LogP contribution in [0, 0.1) is 5.92 Å². The molecule has 2 amide bonds. The molecule has 3 aromatic carbocycles. The summed E-state index contributed by atoms with van der Waals surface area (Å²) < 4.78 is 12.4. The number of amides is 2. The molecule has 0 spiro atoms. The van der Waals surface area contributed by atoms with Crippen LogP contribution in [0.25, 0.3) is 0 Å². The first-order chi connectivity index (χ1) is 15.9. The maximum absolute atomic E-state index is 12.8. The van der Waals surface area contributed by atoms with E-state index in [2.05, 4.69) is 40.6 Å². The zero-order valence-corrected chi connectivity index (χ0v) is 20.2. The van der Waals surface area contributed by atoms with Gasteiger partial charge in [0.05, 0.1) is 17.7 Å². The number of nitrogens with one attached hydrogen (secondary N) is 2. The molecule has 2 N–H and O–H groups in total. The average Bonchev–Trinajstić information content (AvgIpc) is 2.82. The van der Waals surface area contributed by atoms with Crippen LogP contribution in [0.3, 0.4) is 0 Å². The third-order valence-electron chi connectivity index (χ3n) is 4.80. The normalized spacial score (nSPS) is 10.5. The Bertz CT molecular complexity index is 1090. The van der Waals surface area contributed by atoms with Crippen molar-refractivity contribution < 1.29 is 19.1 Å². The summed E-state index contributed by atoms with van der Waals surface area (Å²) in [5.41, 5.74) is 6.56. The van der Waals surface area contributed by atoms with Gasteiger partial charge < -0.3 is 9.47 Å². The van der Waals surface area contributed by atoms with Crippen molar-refractivity contribution in [3.05, 3.63) is 94.0 Å². The van der Waals surface area contributed by atoms with E-state index in [-0.39, 0.29) is 0 Å². The molecule has 0 saturated heterocycles. The quantitative estimate of drug-likeness (QED) is 0.371. The first-order valence-electron chi connectivity index (χ1n) is 10.7. The lowest BCUT2D eigenvalue weighted by atomic mass is 10.1. The van der Waals surface area contributed by atoms with Crippen LogP contribution in [0.1, 0.15) is 46.5 Å². The van der Waals surface area contributed by atoms with Crippen molar-refractivity contribution in [3.63, 3.8) is 0 Å². The summed E-state index contributed by atoms with van der Waals surface area (Å²) in [5.74, 6) is 0.405. The first kappa shape index (κ1) is 24.3. The Balaban J connectivity index is 1.64. The third-order valence-corrected chi connectivity index (χ3v) is 5.29. The van der Waals surface area contributed by atoms with Crippen LogP contribution in [0.15, 0.2) is 77.3 Å². The number of hydrogen-bond donors (Lipinski definition) is 2. The Labute approximate surface area is 202 Å². The van der Waals surface area contributed by atoms with Crippen LogP contribution in [-0.4, -0.2) is 18.4 Å². The summed E-state index contributed by atoms with van der Waals surface area (Å²) in [7, 11) is 0. The molecule has 7 heteroatoms. The van der Waals surface area contributed by atoms with Crippen molar-refractivity contribution >= 4 is 27.7 Å². The number of para-hydroxylation sites is 1. The largest absolute Gasteiger partial charge is 0.493 e. The molecule has 6 nitrogen and oxygen atoms in total. The van der Waals surface area contributed by atoms with Gasteiger partial charge in [-0.2, -0.15) is 0 Å². The molecule has 0 heterocycles. The molecule has 0 saturated carbocycles. The number of halogens is 1. The summed E-state index contributed by atoms with van der Waals surface area (Å²) in [6.45, 7) is 5.04. The van der Waals surface area contributed by atoms with E-state index in [0.29, 0.717) is 41.8 Å². The second-order valence-corrected chi connectivity index (χ2v) is 8.77. The highest BCUT2D eigenvalue weighted by Gasteiger charge is 2.17. The number of carbonyl (C=O) groups excluding carboxylic acids is 2. The van der Waals surface area contributed by atoms with Gasteiger partial charge in [-0.15, -0.1) is 0 Å². The summed E-state index contributed by atoms with van der Waals surface area (Å²) >= 11 is 3.38. The lowest BCUT2D eigenvalue weighted by Crippen LogP contribution is -2.41. The van der Waals surface area contributed by atoms with Gasteiger partial charge in [-0.3, -0.25) is 20.4 Å². The van der Waals surface area contributed by atoms with E-state index >= 15 is 0 Å². The summed E-state index contributed by atoms with van der Waals surface area (Å²) in [5, 5.41) is 0. The van der Waals surface area contributed by atoms with Gasteiger partial charge in [0.15, 0.2) is 0 Å². The van der Waals surface area contributed by atoms with E-state index in [0.717, 1.165) is 16.5 Å². The molecule has 0 unspecified atom stereocenters. The van der Waals surface area contributed by atoms with Crippen molar-refractivity contribution in [1.29, 1.82) is 0 Å². The Morgan fingerprint density at radius 2 is 1.45 bits per heavy atom. The van der Waals surface area contributed by atoms with Gasteiger partial charge in [0.1, 0.15) is 18.1 Å². The standard InChI is InChI=1S/C26H27BrN2O4/c1-18(2)14-15-32-24-13-12-20(27)16-22(24)26(31)29-28-25(30)21-10-6-7-11-23(21)33-17-19-8-4-3-5-9-19/h3-13,16,18H,14-15,17H2,1-2H3,(H,28,30)(H,29,31). The molecule has 3 rings (SSSR count). The summed E-state index contributed by atoms with van der Waals surface area (Å²) in [6, 6.07) is 21.8. The first-order valence-corrected chi connectivity index (χ1v) is 11.5. The van der Waals surface area contributed by atoms with Crippen LogP contribution in [0.2, 0.25) is 0 Å². The average molecular weight is 511 g/mol. The lowest BCUT2D eigenvalue weighted by molar-refractivity contribution is 0.0841. The minimum atomic E-state index is -0.482. The third kappa shape index (κ3) is 7.36. The predicted octanol–water partition coefficient (Wildman–Crippen LogP) is 5.53. The van der Waals surface area contributed by atoms with E-state index in [4.69, 9.17) is 9.47 Å². The zero-order valence-electron chi connectivity index (χ0n) is 18.6. The number of carbonyl (C=O) groups is 2. The summed E-state index contributed by atoms with van der Waals surface area (Å²) in [4.78, 5) is 25.6. The molecule has 0 aliphatic heterocycles. The Hall–Kier alpha value is -3.32. The van der Waals surface area contributed by atoms with Crippen molar-refractivity contribution in [2.24, 2.45) is 5.92 Å². The minimum Gasteiger partial charge on any atom is -0.493 e. The monoisotopic (exact) mass is 510 g/mol. The number of hydrogen-bond acceptors (Lipinski definition) is 4. The molecule has 0 aliphatic carbocycles. The van der Waals surface area contributed by atoms with Crippen molar-refractivity contribution in [3.8, 4) is 11.5 Å². The Kier molecular flexibility index (Phi) is 8.89. The van der Waals surface area contributed by atoms with E-state index < -0.39 is 11.8 Å². The van der Waals surface area contributed by atoms with Gasteiger partial charge in [0, 0.05) is 4.47 Å². The van der Waals surface area contributed by atoms with Crippen LogP contribution in [0.4, 0.5) is 0 Å². The molecule has 0 fully saturated rings. The van der Waals surface area contributed by atoms with Crippen molar-refractivity contribution in [1.82, 2.24) is 10.9 Å². The van der Waals surface area contributed by atoms with Gasteiger partial charge in [-0.1, -0.05) is 72.2 Å². The van der Waals surface area contributed by atoms with E-state index in [1.165, 1.54) is 0 Å². The number of hydrazine groups is 1. The van der Waals surface area contributed by atoms with Gasteiger partial charge in [0.2, 0.25) is 0 Å². The van der Waals surface area contributed by atoms with Gasteiger partial charge >= 0.3 is 0 Å². The molecule has 0 atom stereocenters. The number of ether oxygens (including phenoxy) is 2. The van der Waals surface area contributed by atoms with E-state index in [9.17, 15) is 9.59 Å². The number of rotatable bonds is 9. The minimum absolute atomic E-state index is 0.316. The molecule has 3 aromatic rings. The maximum Gasteiger partial charge on any atom is 0.273 e. The van der Waals surface area contributed by atoms with Crippen LogP contribution < -0.4 is 20.3 Å². The van der Waals surface area contributed by atoms with Crippen molar-refractivity contribution in [2.45, 2.75) is 26.9 Å². The molecule has 0 radical (unpaired) electrons. The van der Waals surface area contributed by atoms with Crippen LogP contribution in [-0.2, 0) is 6.61 Å². The fraction of sp³-hybridized carbons (Fsp3) is 0.231. The van der Waals surface area contributed by atoms with E-state index in [1.54, 1.807) is 42.5 Å². The molecule has 33 heavy (non-hydrogen) atoms. The highest BCUT2D eigenvalue weighted by molar-refractivity contribution is 9.10. The Morgan fingerprint density at radius 1 is 0.818 bits per heavy atom. The fourth-order valence-electron chi connectivity index (χ4n) is 2.97. The van der Waals surface area contributed by atoms with Crippen LogP contribution in [0.5, 0.6) is 11.5 Å². The fourth-order valence-corrected chi connectivity index (χ4v) is 3.33. The smallest absolute Gasteiger partial charge is 0.273 e. The second-order valence-electron chi connectivity index (χ2n) is 7.85. The second kappa shape index (κ2) is 12.1. The van der Waals surface area contributed by atoms with Gasteiger partial charge in [-0.25, -0.2) is 0 Å². The predicted molar refractivity (Wildman–Crippen MR) is 131 cm³/mol. The molecule has 0 bridgehead atoms. The molecule has 0 aromatic heterocycles. The van der Waals surface area contributed by atoms with Gasteiger partial charge in [-0.05, 0) is 48.2 Å². The Morgan fingerprint density at radius 3 is 2.18 bits per heavy atom. The highest BCUT2D eigenvalue weighted by atomic mass is 79.9. The molecular weight excluding hydrogens is 484 g/mol. The molecule has 172 valence electrons. The highest BCUT2D eigenvalue weighted by Crippen LogP contribution is 2.24. The van der Waals surface area contributed by atoms with Crippen LogP contribution >= 0.6 is 15.9 Å². The van der Waals surface area contributed by atoms with Crippen molar-refractivity contribution in [2.75, 3.05) is 6.61 Å². The van der Waals surface area contributed by atoms with Gasteiger partial charge in [0.25, 0.3) is 11.8 Å². The summed E-state index contributed by atoms with van der Waals surface area (Å²) in [6.07, 6.45) is 0.869. The molecular formula is C26H27BrN2O4. The topological polar surface area (TPSA) is 76.7 Å². The number of benzene rings is 3. The zero-order chi connectivity index (χ0) is 23.6.